The van der Waals surface area contributed by atoms with Crippen molar-refractivity contribution in [1.29, 1.82) is 0 Å². The van der Waals surface area contributed by atoms with E-state index in [9.17, 15) is 0 Å². The monoisotopic (exact) mass is 293 g/mol. The van der Waals surface area contributed by atoms with E-state index in [4.69, 9.17) is 23.2 Å². The Balaban J connectivity index is 1.88. The predicted molar refractivity (Wildman–Crippen MR) is 83.0 cm³/mol. The summed E-state index contributed by atoms with van der Waals surface area (Å²) < 4.78 is 0. The largest absolute Gasteiger partial charge is 0.312 e. The molecule has 100 valence electrons. The average molecular weight is 294 g/mol. The van der Waals surface area contributed by atoms with Gasteiger partial charge >= 0.3 is 0 Å². The summed E-state index contributed by atoms with van der Waals surface area (Å²) in [7, 11) is 0. The highest BCUT2D eigenvalue weighted by Gasteiger charge is 2.05. The molecular weight excluding hydrogens is 277 g/mol. The van der Waals surface area contributed by atoms with Gasteiger partial charge in [0.2, 0.25) is 0 Å². The fraction of sp³-hybridized carbons (Fsp3) is 0.250. The number of halogens is 2. The van der Waals surface area contributed by atoms with Crippen LogP contribution in [-0.2, 0) is 6.54 Å². The highest BCUT2D eigenvalue weighted by molar-refractivity contribution is 6.33. The molecule has 1 atom stereocenters. The Bertz CT molecular complexity index is 526. The second-order valence-corrected chi connectivity index (χ2v) is 5.52. The third-order valence-corrected chi connectivity index (χ3v) is 3.75. The van der Waals surface area contributed by atoms with Gasteiger partial charge in [-0.05, 0) is 35.2 Å². The van der Waals surface area contributed by atoms with E-state index >= 15 is 0 Å². The molecule has 1 nitrogen and oxygen atoms in total. The minimum atomic E-state index is 0.471. The number of benzene rings is 2. The van der Waals surface area contributed by atoms with Crippen molar-refractivity contribution in [3.8, 4) is 0 Å². The molecule has 0 aromatic heterocycles. The van der Waals surface area contributed by atoms with Gasteiger partial charge in [0.25, 0.3) is 0 Å². The molecule has 0 heterocycles. The van der Waals surface area contributed by atoms with E-state index in [1.807, 2.05) is 18.2 Å². The summed E-state index contributed by atoms with van der Waals surface area (Å²) in [5.74, 6) is 0.471. The lowest BCUT2D eigenvalue weighted by molar-refractivity contribution is 0.615. The summed E-state index contributed by atoms with van der Waals surface area (Å²) in [4.78, 5) is 0. The van der Waals surface area contributed by atoms with Crippen molar-refractivity contribution < 1.29 is 0 Å². The minimum absolute atomic E-state index is 0.471. The molecule has 0 aliphatic carbocycles. The summed E-state index contributed by atoms with van der Waals surface area (Å²) >= 11 is 12.1. The maximum Gasteiger partial charge on any atom is 0.0451 e. The van der Waals surface area contributed by atoms with E-state index in [1.165, 1.54) is 5.56 Å². The Kier molecular flexibility index (Phi) is 5.26. The van der Waals surface area contributed by atoms with Crippen LogP contribution in [0.2, 0.25) is 10.0 Å². The predicted octanol–water partition coefficient (Wildman–Crippen LogP) is 4.89. The van der Waals surface area contributed by atoms with E-state index in [1.54, 1.807) is 6.07 Å². The number of rotatable bonds is 5. The molecule has 0 fully saturated rings. The van der Waals surface area contributed by atoms with Crippen LogP contribution in [0.25, 0.3) is 0 Å². The summed E-state index contributed by atoms with van der Waals surface area (Å²) in [6, 6.07) is 16.0. The first-order valence-electron chi connectivity index (χ1n) is 6.36. The van der Waals surface area contributed by atoms with Gasteiger partial charge < -0.3 is 5.32 Å². The Morgan fingerprint density at radius 3 is 2.53 bits per heavy atom. The van der Waals surface area contributed by atoms with E-state index in [0.717, 1.165) is 28.7 Å². The third-order valence-electron chi connectivity index (χ3n) is 3.14. The average Bonchev–Trinajstić information content (AvgIpc) is 2.43. The molecule has 0 saturated heterocycles. The Morgan fingerprint density at radius 1 is 1.05 bits per heavy atom. The van der Waals surface area contributed by atoms with E-state index in [0.29, 0.717) is 5.92 Å². The van der Waals surface area contributed by atoms with Gasteiger partial charge in [-0.2, -0.15) is 0 Å². The zero-order valence-electron chi connectivity index (χ0n) is 10.9. The number of nitrogens with one attached hydrogen (secondary N) is 1. The smallest absolute Gasteiger partial charge is 0.0451 e. The molecule has 2 aromatic carbocycles. The summed E-state index contributed by atoms with van der Waals surface area (Å²) in [6.45, 7) is 3.85. The van der Waals surface area contributed by atoms with Crippen molar-refractivity contribution in [1.82, 2.24) is 5.32 Å². The van der Waals surface area contributed by atoms with Crippen molar-refractivity contribution in [2.75, 3.05) is 6.54 Å². The lowest BCUT2D eigenvalue weighted by Gasteiger charge is -2.13. The molecule has 0 spiro atoms. The van der Waals surface area contributed by atoms with Crippen LogP contribution < -0.4 is 5.32 Å². The molecule has 0 radical (unpaired) electrons. The lowest BCUT2D eigenvalue weighted by Crippen LogP contribution is -2.19. The highest BCUT2D eigenvalue weighted by Crippen LogP contribution is 2.20. The SMILES string of the molecule is CC(CNCc1cc(Cl)ccc1Cl)c1ccccc1. The molecule has 2 rings (SSSR count). The van der Waals surface area contributed by atoms with Crippen LogP contribution in [0.4, 0.5) is 0 Å². The molecule has 0 amide bonds. The molecule has 0 aliphatic heterocycles. The van der Waals surface area contributed by atoms with Crippen LogP contribution in [0.5, 0.6) is 0 Å². The maximum absolute atomic E-state index is 6.13. The fourth-order valence-corrected chi connectivity index (χ4v) is 2.38. The lowest BCUT2D eigenvalue weighted by atomic mass is 10.0. The summed E-state index contributed by atoms with van der Waals surface area (Å²) in [5, 5.41) is 4.90. The van der Waals surface area contributed by atoms with Crippen LogP contribution >= 0.6 is 23.2 Å². The Hall–Kier alpha value is -1.02. The van der Waals surface area contributed by atoms with Gasteiger partial charge in [0, 0.05) is 23.1 Å². The molecule has 3 heteroatoms. The molecule has 2 aromatic rings. The molecule has 0 bridgehead atoms. The second-order valence-electron chi connectivity index (χ2n) is 4.68. The Labute approximate surface area is 124 Å². The molecular formula is C16H17Cl2N. The van der Waals surface area contributed by atoms with Gasteiger partial charge in [0.15, 0.2) is 0 Å². The highest BCUT2D eigenvalue weighted by atomic mass is 35.5. The number of hydrogen-bond acceptors (Lipinski definition) is 1. The fourth-order valence-electron chi connectivity index (χ4n) is 2.00. The van der Waals surface area contributed by atoms with Crippen LogP contribution in [0.15, 0.2) is 48.5 Å². The quantitative estimate of drug-likeness (QED) is 0.828. The van der Waals surface area contributed by atoms with Crippen LogP contribution in [0.3, 0.4) is 0 Å². The summed E-state index contributed by atoms with van der Waals surface area (Å²) in [5.41, 5.74) is 2.38. The van der Waals surface area contributed by atoms with Crippen molar-refractivity contribution in [3.05, 3.63) is 69.7 Å². The van der Waals surface area contributed by atoms with E-state index in [-0.39, 0.29) is 0 Å². The van der Waals surface area contributed by atoms with Gasteiger partial charge in [-0.15, -0.1) is 0 Å². The Morgan fingerprint density at radius 2 is 1.79 bits per heavy atom. The second kappa shape index (κ2) is 6.95. The molecule has 1 N–H and O–H groups in total. The van der Waals surface area contributed by atoms with Crippen molar-refractivity contribution in [3.63, 3.8) is 0 Å². The van der Waals surface area contributed by atoms with Crippen molar-refractivity contribution >= 4 is 23.2 Å². The molecule has 0 saturated carbocycles. The van der Waals surface area contributed by atoms with Gasteiger partial charge in [-0.1, -0.05) is 60.5 Å². The third kappa shape index (κ3) is 4.24. The van der Waals surface area contributed by atoms with Crippen LogP contribution in [-0.4, -0.2) is 6.54 Å². The summed E-state index contributed by atoms with van der Waals surface area (Å²) in [6.07, 6.45) is 0. The van der Waals surface area contributed by atoms with E-state index in [2.05, 4.69) is 36.5 Å². The topological polar surface area (TPSA) is 12.0 Å². The van der Waals surface area contributed by atoms with Gasteiger partial charge in [0.1, 0.15) is 0 Å². The van der Waals surface area contributed by atoms with Crippen molar-refractivity contribution in [2.45, 2.75) is 19.4 Å². The maximum atomic E-state index is 6.13. The van der Waals surface area contributed by atoms with Crippen LogP contribution in [0, 0.1) is 0 Å². The number of hydrogen-bond donors (Lipinski definition) is 1. The molecule has 19 heavy (non-hydrogen) atoms. The first-order valence-corrected chi connectivity index (χ1v) is 7.12. The minimum Gasteiger partial charge on any atom is -0.312 e. The molecule has 0 aliphatic rings. The van der Waals surface area contributed by atoms with Gasteiger partial charge in [-0.25, -0.2) is 0 Å². The standard InChI is InChI=1S/C16H17Cl2N/c1-12(13-5-3-2-4-6-13)10-19-11-14-9-15(17)7-8-16(14)18/h2-9,12,19H,10-11H2,1H3. The van der Waals surface area contributed by atoms with E-state index < -0.39 is 0 Å². The van der Waals surface area contributed by atoms with Crippen molar-refractivity contribution in [2.24, 2.45) is 0 Å². The van der Waals surface area contributed by atoms with Gasteiger partial charge in [-0.3, -0.25) is 0 Å². The van der Waals surface area contributed by atoms with Crippen LogP contribution in [0.1, 0.15) is 24.0 Å². The first-order chi connectivity index (χ1) is 9.16. The van der Waals surface area contributed by atoms with Gasteiger partial charge in [0.05, 0.1) is 0 Å². The normalized spacial score (nSPS) is 12.4. The first kappa shape index (κ1) is 14.4. The zero-order chi connectivity index (χ0) is 13.7. The zero-order valence-corrected chi connectivity index (χ0v) is 12.4. The molecule has 1 unspecified atom stereocenters.